The van der Waals surface area contributed by atoms with Crippen LogP contribution in [0.2, 0.25) is 0 Å². The number of hydrogen-bond acceptors (Lipinski definition) is 2. The first-order chi connectivity index (χ1) is 4.31. The Morgan fingerprint density at radius 1 is 1.67 bits per heavy atom. The Kier molecular flexibility index (Phi) is 5.32. The third kappa shape index (κ3) is 5.37. The van der Waals surface area contributed by atoms with Crippen molar-refractivity contribution in [3.05, 3.63) is 12.8 Å². The van der Waals surface area contributed by atoms with E-state index < -0.39 is 0 Å². The van der Waals surface area contributed by atoms with E-state index in [-0.39, 0.29) is 0 Å². The molecule has 0 bridgehead atoms. The van der Waals surface area contributed by atoms with Crippen LogP contribution in [0.4, 0.5) is 0 Å². The summed E-state index contributed by atoms with van der Waals surface area (Å²) in [5.74, 6) is 0. The lowest BCUT2D eigenvalue weighted by Crippen LogP contribution is -2.26. The Morgan fingerprint density at radius 2 is 2.33 bits per heavy atom. The molecule has 0 atom stereocenters. The fourth-order valence-corrected chi connectivity index (χ4v) is 0.516. The fourth-order valence-electron chi connectivity index (χ4n) is 0.516. The van der Waals surface area contributed by atoms with Crippen molar-refractivity contribution in [2.45, 2.75) is 6.92 Å². The van der Waals surface area contributed by atoms with Gasteiger partial charge in [0, 0.05) is 13.1 Å². The topological polar surface area (TPSA) is 15.3 Å². The first-order valence-electron chi connectivity index (χ1n) is 3.34. The molecule has 54 valence electrons. The lowest BCUT2D eigenvalue weighted by atomic mass is 10.5. The van der Waals surface area contributed by atoms with E-state index in [0.717, 1.165) is 19.6 Å². The van der Waals surface area contributed by atoms with Gasteiger partial charge in [0.05, 0.1) is 0 Å². The van der Waals surface area contributed by atoms with E-state index in [1.807, 2.05) is 0 Å². The molecule has 0 unspecified atom stereocenters. The molecule has 0 spiro atoms. The van der Waals surface area contributed by atoms with E-state index in [2.05, 4.69) is 30.8 Å². The first-order valence-corrected chi connectivity index (χ1v) is 3.34. The molecule has 0 amide bonds. The number of nitrogens with one attached hydrogen (secondary N) is 1. The van der Waals surface area contributed by atoms with Crippen LogP contribution in [0.15, 0.2) is 12.8 Å². The summed E-state index contributed by atoms with van der Waals surface area (Å²) < 4.78 is 0. The smallest absolute Gasteiger partial charge is 0.0269 e. The first kappa shape index (κ1) is 8.50. The van der Waals surface area contributed by atoms with Crippen LogP contribution < -0.4 is 5.32 Å². The maximum absolute atomic E-state index is 3.55. The third-order valence-electron chi connectivity index (χ3n) is 1.32. The molecular formula is C7H16N2. The molecule has 0 aliphatic carbocycles. The van der Waals surface area contributed by atoms with Gasteiger partial charge in [0.15, 0.2) is 0 Å². The van der Waals surface area contributed by atoms with E-state index in [1.165, 1.54) is 0 Å². The van der Waals surface area contributed by atoms with E-state index in [1.54, 1.807) is 6.20 Å². The van der Waals surface area contributed by atoms with Crippen molar-refractivity contribution in [1.82, 2.24) is 10.2 Å². The Hall–Kier alpha value is -0.500. The maximum atomic E-state index is 3.55. The second kappa shape index (κ2) is 5.63. The molecule has 0 aromatic heterocycles. The number of nitrogens with zero attached hydrogens (tertiary/aromatic N) is 1. The maximum Gasteiger partial charge on any atom is 0.0269 e. The summed E-state index contributed by atoms with van der Waals surface area (Å²) in [7, 11) is 2.10. The highest BCUT2D eigenvalue weighted by Crippen LogP contribution is 1.76. The molecule has 0 aromatic carbocycles. The lowest BCUT2D eigenvalue weighted by Gasteiger charge is -2.12. The summed E-state index contributed by atoms with van der Waals surface area (Å²) in [6.07, 6.45) is 1.73. The van der Waals surface area contributed by atoms with Crippen LogP contribution in [0.5, 0.6) is 0 Å². The summed E-state index contributed by atoms with van der Waals surface area (Å²) in [4.78, 5) is 2.25. The summed E-state index contributed by atoms with van der Waals surface area (Å²) in [5.41, 5.74) is 0. The van der Waals surface area contributed by atoms with Gasteiger partial charge < -0.3 is 10.2 Å². The molecule has 2 nitrogen and oxygen atoms in total. The largest absolute Gasteiger partial charge is 0.390 e. The molecule has 0 saturated heterocycles. The highest BCUT2D eigenvalue weighted by Gasteiger charge is 1.89. The monoisotopic (exact) mass is 128 g/mol. The molecule has 0 heterocycles. The van der Waals surface area contributed by atoms with Gasteiger partial charge in [0.2, 0.25) is 0 Å². The molecule has 0 radical (unpaired) electrons. The van der Waals surface area contributed by atoms with Crippen LogP contribution in [-0.2, 0) is 0 Å². The Bertz CT molecular complexity index is 71.3. The Labute approximate surface area is 57.5 Å². The van der Waals surface area contributed by atoms with Gasteiger partial charge in [-0.2, -0.15) is 0 Å². The molecule has 1 N–H and O–H groups in total. The second-order valence-corrected chi connectivity index (χ2v) is 2.05. The molecule has 0 aromatic rings. The second-order valence-electron chi connectivity index (χ2n) is 2.05. The van der Waals surface area contributed by atoms with E-state index in [9.17, 15) is 0 Å². The summed E-state index contributed by atoms with van der Waals surface area (Å²) >= 11 is 0. The minimum absolute atomic E-state index is 0.994. The minimum atomic E-state index is 0.994. The van der Waals surface area contributed by atoms with Crippen LogP contribution in [-0.4, -0.2) is 31.6 Å². The van der Waals surface area contributed by atoms with Gasteiger partial charge in [-0.3, -0.25) is 0 Å². The van der Waals surface area contributed by atoms with Crippen molar-refractivity contribution >= 4 is 0 Å². The van der Waals surface area contributed by atoms with Crippen LogP contribution in [0.3, 0.4) is 0 Å². The van der Waals surface area contributed by atoms with Crippen LogP contribution >= 0.6 is 0 Å². The van der Waals surface area contributed by atoms with Crippen molar-refractivity contribution < 1.29 is 0 Å². The molecule has 0 rings (SSSR count). The average Bonchev–Trinajstić information content (AvgIpc) is 1.89. The minimum Gasteiger partial charge on any atom is -0.390 e. The summed E-state index contributed by atoms with van der Waals surface area (Å²) in [6.45, 7) is 8.89. The number of rotatable bonds is 5. The normalized spacial score (nSPS) is 9.67. The molecule has 9 heavy (non-hydrogen) atoms. The van der Waals surface area contributed by atoms with Gasteiger partial charge in [-0.1, -0.05) is 13.5 Å². The van der Waals surface area contributed by atoms with E-state index >= 15 is 0 Å². The fraction of sp³-hybridized carbons (Fsp3) is 0.714. The molecule has 0 saturated carbocycles. The third-order valence-corrected chi connectivity index (χ3v) is 1.32. The predicted octanol–water partition coefficient (Wildman–Crippen LogP) is 0.671. The summed E-state index contributed by atoms with van der Waals surface area (Å²) in [5, 5.41) is 3.04. The van der Waals surface area contributed by atoms with Crippen LogP contribution in [0.25, 0.3) is 0 Å². The Balaban J connectivity index is 2.96. The average molecular weight is 128 g/mol. The number of hydrogen-bond donors (Lipinski definition) is 1. The van der Waals surface area contributed by atoms with Crippen molar-refractivity contribution in [2.24, 2.45) is 0 Å². The van der Waals surface area contributed by atoms with Gasteiger partial charge >= 0.3 is 0 Å². The summed E-state index contributed by atoms with van der Waals surface area (Å²) in [6, 6.07) is 0. The highest BCUT2D eigenvalue weighted by atomic mass is 15.1. The number of likely N-dealkylation sites (N-methyl/N-ethyl adjacent to an activating group) is 1. The lowest BCUT2D eigenvalue weighted by molar-refractivity contribution is 0.356. The van der Waals surface area contributed by atoms with Crippen molar-refractivity contribution in [3.63, 3.8) is 0 Å². The molecule has 2 heteroatoms. The highest BCUT2D eigenvalue weighted by molar-refractivity contribution is 4.63. The van der Waals surface area contributed by atoms with Gasteiger partial charge in [0.1, 0.15) is 0 Å². The van der Waals surface area contributed by atoms with Crippen molar-refractivity contribution in [2.75, 3.05) is 26.7 Å². The van der Waals surface area contributed by atoms with Crippen LogP contribution in [0, 0.1) is 0 Å². The van der Waals surface area contributed by atoms with Gasteiger partial charge in [-0.25, -0.2) is 0 Å². The van der Waals surface area contributed by atoms with Gasteiger partial charge in [-0.15, -0.1) is 0 Å². The quantitative estimate of drug-likeness (QED) is 0.547. The molecular weight excluding hydrogens is 112 g/mol. The predicted molar refractivity (Wildman–Crippen MR) is 41.4 cm³/mol. The Morgan fingerprint density at radius 3 is 2.78 bits per heavy atom. The standard InChI is InChI=1S/C7H16N2/c1-4-8-6-7-9(3)5-2/h4,8H,1,5-7H2,2-3H3. The zero-order valence-corrected chi connectivity index (χ0v) is 6.35. The van der Waals surface area contributed by atoms with Crippen LogP contribution in [0.1, 0.15) is 6.92 Å². The van der Waals surface area contributed by atoms with Gasteiger partial charge in [0.25, 0.3) is 0 Å². The zero-order valence-electron chi connectivity index (χ0n) is 6.35. The molecule has 0 aliphatic rings. The van der Waals surface area contributed by atoms with Crippen molar-refractivity contribution in [1.29, 1.82) is 0 Å². The van der Waals surface area contributed by atoms with Gasteiger partial charge in [-0.05, 0) is 19.8 Å². The zero-order chi connectivity index (χ0) is 7.11. The van der Waals surface area contributed by atoms with Crippen molar-refractivity contribution in [3.8, 4) is 0 Å². The molecule has 0 aliphatic heterocycles. The SMILES string of the molecule is C=CNCCN(C)CC. The molecule has 0 fully saturated rings. The van der Waals surface area contributed by atoms with E-state index in [0.29, 0.717) is 0 Å². The van der Waals surface area contributed by atoms with E-state index in [4.69, 9.17) is 0 Å².